The van der Waals surface area contributed by atoms with E-state index >= 15 is 0 Å². The van der Waals surface area contributed by atoms with E-state index in [1.807, 2.05) is 37.4 Å². The van der Waals surface area contributed by atoms with Crippen molar-refractivity contribution in [2.45, 2.75) is 6.92 Å². The number of hydrogen-bond acceptors (Lipinski definition) is 5. The molecule has 0 radical (unpaired) electrons. The molecular weight excluding hydrogens is 308 g/mol. The van der Waals surface area contributed by atoms with Crippen molar-refractivity contribution >= 4 is 23.0 Å². The number of non-ortho nitro benzene ring substituents is 1. The Bertz CT molecular complexity index is 759. The standard InChI is InChI=1S/C17H18N4O3/c1-13(14-7-6-10-16(11-14)21(23)24)18-19-17(22)12-20(2)15-8-4-3-5-9-15/h3-11H,12H2,1-2H3,(H,19,22)/b18-13-. The highest BCUT2D eigenvalue weighted by molar-refractivity contribution is 5.99. The maximum absolute atomic E-state index is 12.0. The van der Waals surface area contributed by atoms with Crippen molar-refractivity contribution in [3.05, 3.63) is 70.3 Å². The van der Waals surface area contributed by atoms with Gasteiger partial charge in [0, 0.05) is 30.4 Å². The first-order valence-corrected chi connectivity index (χ1v) is 7.31. The molecule has 0 fully saturated rings. The number of carbonyl (C=O) groups is 1. The lowest BCUT2D eigenvalue weighted by atomic mass is 10.1. The van der Waals surface area contributed by atoms with Gasteiger partial charge in [-0.2, -0.15) is 5.10 Å². The van der Waals surface area contributed by atoms with Crippen molar-refractivity contribution in [3.8, 4) is 0 Å². The summed E-state index contributed by atoms with van der Waals surface area (Å²) in [5.74, 6) is -0.272. The van der Waals surface area contributed by atoms with E-state index < -0.39 is 4.92 Å². The number of benzene rings is 2. The van der Waals surface area contributed by atoms with Crippen molar-refractivity contribution in [1.29, 1.82) is 0 Å². The largest absolute Gasteiger partial charge is 0.365 e. The summed E-state index contributed by atoms with van der Waals surface area (Å²) in [4.78, 5) is 24.1. The predicted octanol–water partition coefficient (Wildman–Crippen LogP) is 2.57. The van der Waals surface area contributed by atoms with Crippen LogP contribution in [0.15, 0.2) is 59.7 Å². The fourth-order valence-electron chi connectivity index (χ4n) is 2.08. The summed E-state index contributed by atoms with van der Waals surface area (Å²) in [5.41, 5.74) is 4.45. The van der Waals surface area contributed by atoms with Gasteiger partial charge in [-0.1, -0.05) is 30.3 Å². The lowest BCUT2D eigenvalue weighted by Gasteiger charge is -2.17. The van der Waals surface area contributed by atoms with Gasteiger partial charge < -0.3 is 4.90 Å². The highest BCUT2D eigenvalue weighted by Gasteiger charge is 2.09. The van der Waals surface area contributed by atoms with Gasteiger partial charge in [0.25, 0.3) is 11.6 Å². The molecule has 0 unspecified atom stereocenters. The topological polar surface area (TPSA) is 87.8 Å². The number of anilines is 1. The van der Waals surface area contributed by atoms with E-state index in [-0.39, 0.29) is 18.1 Å². The van der Waals surface area contributed by atoms with Crippen LogP contribution in [0.2, 0.25) is 0 Å². The van der Waals surface area contributed by atoms with Crippen LogP contribution < -0.4 is 10.3 Å². The van der Waals surface area contributed by atoms with E-state index in [2.05, 4.69) is 10.5 Å². The van der Waals surface area contributed by atoms with Gasteiger partial charge in [0.05, 0.1) is 17.2 Å². The number of nitrogens with zero attached hydrogens (tertiary/aromatic N) is 3. The normalized spacial score (nSPS) is 11.0. The molecule has 0 aromatic heterocycles. The smallest absolute Gasteiger partial charge is 0.270 e. The molecule has 0 saturated heterocycles. The second kappa shape index (κ2) is 7.87. The number of amides is 1. The number of nitro groups is 1. The molecule has 24 heavy (non-hydrogen) atoms. The average Bonchev–Trinajstić information content (AvgIpc) is 2.60. The molecule has 124 valence electrons. The number of rotatable bonds is 6. The van der Waals surface area contributed by atoms with Gasteiger partial charge >= 0.3 is 0 Å². The zero-order chi connectivity index (χ0) is 17.5. The van der Waals surface area contributed by atoms with Crippen LogP contribution in [-0.4, -0.2) is 30.1 Å². The monoisotopic (exact) mass is 326 g/mol. The highest BCUT2D eigenvalue weighted by atomic mass is 16.6. The van der Waals surface area contributed by atoms with Crippen molar-refractivity contribution in [2.24, 2.45) is 5.10 Å². The quantitative estimate of drug-likeness (QED) is 0.502. The number of para-hydroxylation sites is 1. The van der Waals surface area contributed by atoms with Gasteiger partial charge in [-0.3, -0.25) is 14.9 Å². The summed E-state index contributed by atoms with van der Waals surface area (Å²) in [5, 5.41) is 14.8. The minimum Gasteiger partial charge on any atom is -0.365 e. The summed E-state index contributed by atoms with van der Waals surface area (Å²) in [6, 6.07) is 15.6. The molecule has 7 heteroatoms. The second-order valence-electron chi connectivity index (χ2n) is 5.23. The number of carbonyl (C=O) groups excluding carboxylic acids is 1. The summed E-state index contributed by atoms with van der Waals surface area (Å²) in [6.07, 6.45) is 0. The molecular formula is C17H18N4O3. The SMILES string of the molecule is C/C(=N/NC(=O)CN(C)c1ccccc1)c1cccc([N+](=O)[O-])c1. The molecule has 7 nitrogen and oxygen atoms in total. The third-order valence-electron chi connectivity index (χ3n) is 3.40. The van der Waals surface area contributed by atoms with E-state index in [1.54, 1.807) is 24.0 Å². The molecule has 0 bridgehead atoms. The zero-order valence-electron chi connectivity index (χ0n) is 13.5. The Morgan fingerprint density at radius 1 is 1.21 bits per heavy atom. The fourth-order valence-corrected chi connectivity index (χ4v) is 2.08. The van der Waals surface area contributed by atoms with E-state index in [0.717, 1.165) is 5.69 Å². The fraction of sp³-hybridized carbons (Fsp3) is 0.176. The Kier molecular flexibility index (Phi) is 5.62. The predicted molar refractivity (Wildman–Crippen MR) is 93.2 cm³/mol. The van der Waals surface area contributed by atoms with Crippen molar-refractivity contribution in [3.63, 3.8) is 0 Å². The maximum Gasteiger partial charge on any atom is 0.270 e. The number of likely N-dealkylation sites (N-methyl/N-ethyl adjacent to an activating group) is 1. The van der Waals surface area contributed by atoms with Crippen LogP contribution in [-0.2, 0) is 4.79 Å². The molecule has 0 aliphatic rings. The molecule has 0 spiro atoms. The first-order valence-electron chi connectivity index (χ1n) is 7.31. The maximum atomic E-state index is 12.0. The molecule has 0 saturated carbocycles. The Labute approximate surface area is 139 Å². The Morgan fingerprint density at radius 2 is 1.92 bits per heavy atom. The number of hydrogen-bond donors (Lipinski definition) is 1. The van der Waals surface area contributed by atoms with Crippen LogP contribution >= 0.6 is 0 Å². The molecule has 0 aliphatic heterocycles. The molecule has 0 aliphatic carbocycles. The first-order chi connectivity index (χ1) is 11.5. The first kappa shape index (κ1) is 17.1. The van der Waals surface area contributed by atoms with Crippen molar-refractivity contribution in [2.75, 3.05) is 18.5 Å². The molecule has 2 rings (SSSR count). The summed E-state index contributed by atoms with van der Waals surface area (Å²) in [6.45, 7) is 1.83. The summed E-state index contributed by atoms with van der Waals surface area (Å²) >= 11 is 0. The molecule has 1 amide bonds. The highest BCUT2D eigenvalue weighted by Crippen LogP contribution is 2.13. The van der Waals surface area contributed by atoms with Crippen LogP contribution in [0.1, 0.15) is 12.5 Å². The second-order valence-corrected chi connectivity index (χ2v) is 5.23. The molecule has 0 heterocycles. The summed E-state index contributed by atoms with van der Waals surface area (Å²) < 4.78 is 0. The van der Waals surface area contributed by atoms with E-state index in [0.29, 0.717) is 11.3 Å². The van der Waals surface area contributed by atoms with Gasteiger partial charge in [-0.25, -0.2) is 5.43 Å². The lowest BCUT2D eigenvalue weighted by molar-refractivity contribution is -0.384. The lowest BCUT2D eigenvalue weighted by Crippen LogP contribution is -2.33. The zero-order valence-corrected chi connectivity index (χ0v) is 13.5. The Hall–Kier alpha value is -3.22. The molecule has 2 aromatic carbocycles. The van der Waals surface area contributed by atoms with Crippen molar-refractivity contribution < 1.29 is 9.72 Å². The van der Waals surface area contributed by atoms with Gasteiger partial charge in [-0.15, -0.1) is 0 Å². The van der Waals surface area contributed by atoms with Gasteiger partial charge in [-0.05, 0) is 19.1 Å². The number of nitro benzene ring substituents is 1. The van der Waals surface area contributed by atoms with Crippen LogP contribution in [0, 0.1) is 10.1 Å². The molecule has 1 N–H and O–H groups in total. The Morgan fingerprint density at radius 3 is 2.58 bits per heavy atom. The van der Waals surface area contributed by atoms with Crippen molar-refractivity contribution in [1.82, 2.24) is 5.43 Å². The minimum atomic E-state index is -0.468. The average molecular weight is 326 g/mol. The Balaban J connectivity index is 1.98. The van der Waals surface area contributed by atoms with E-state index in [4.69, 9.17) is 0 Å². The van der Waals surface area contributed by atoms with Gasteiger partial charge in [0.15, 0.2) is 0 Å². The molecule has 2 aromatic rings. The molecule has 0 atom stereocenters. The minimum absolute atomic E-state index is 0.0165. The van der Waals surface area contributed by atoms with Gasteiger partial charge in [0.2, 0.25) is 0 Å². The van der Waals surface area contributed by atoms with Crippen LogP contribution in [0.4, 0.5) is 11.4 Å². The third kappa shape index (κ3) is 4.64. The van der Waals surface area contributed by atoms with Crippen LogP contribution in [0.25, 0.3) is 0 Å². The summed E-state index contributed by atoms with van der Waals surface area (Å²) in [7, 11) is 1.81. The van der Waals surface area contributed by atoms with Crippen LogP contribution in [0.3, 0.4) is 0 Å². The number of hydrazone groups is 1. The number of nitrogens with one attached hydrogen (secondary N) is 1. The van der Waals surface area contributed by atoms with E-state index in [1.165, 1.54) is 12.1 Å². The van der Waals surface area contributed by atoms with Gasteiger partial charge in [0.1, 0.15) is 0 Å². The van der Waals surface area contributed by atoms with E-state index in [9.17, 15) is 14.9 Å². The third-order valence-corrected chi connectivity index (χ3v) is 3.40. The van der Waals surface area contributed by atoms with Crippen LogP contribution in [0.5, 0.6) is 0 Å².